The van der Waals surface area contributed by atoms with Crippen molar-refractivity contribution >= 4 is 11.6 Å². The maximum absolute atomic E-state index is 12.3. The van der Waals surface area contributed by atoms with Crippen molar-refractivity contribution in [2.75, 3.05) is 18.4 Å². The molecule has 2 rings (SSSR count). The Balaban J connectivity index is 1.99. The Morgan fingerprint density at radius 3 is 2.86 bits per heavy atom. The van der Waals surface area contributed by atoms with Gasteiger partial charge in [-0.3, -0.25) is 9.69 Å². The van der Waals surface area contributed by atoms with Crippen LogP contribution >= 0.6 is 0 Å². The number of carbonyl (C=O) groups is 1. The number of piperidine rings is 1. The molecule has 21 heavy (non-hydrogen) atoms. The Kier molecular flexibility index (Phi) is 5.80. The van der Waals surface area contributed by atoms with Gasteiger partial charge in [0.25, 0.3) is 0 Å². The Hall–Kier alpha value is -1.35. The molecule has 1 aliphatic heterocycles. The number of hydrogen-bond acceptors (Lipinski definition) is 2. The second kappa shape index (κ2) is 7.60. The van der Waals surface area contributed by atoms with E-state index in [4.69, 9.17) is 0 Å². The number of nitrogens with zero attached hydrogens (tertiary/aromatic N) is 1. The van der Waals surface area contributed by atoms with Gasteiger partial charge in [0.05, 0.1) is 6.54 Å². The maximum atomic E-state index is 12.3. The molecule has 1 saturated heterocycles. The van der Waals surface area contributed by atoms with Crippen molar-refractivity contribution in [3.63, 3.8) is 0 Å². The minimum Gasteiger partial charge on any atom is -0.325 e. The number of benzene rings is 1. The minimum atomic E-state index is 0.111. The molecule has 1 heterocycles. The van der Waals surface area contributed by atoms with Gasteiger partial charge in [0, 0.05) is 11.7 Å². The molecular formula is C18H28N2O. The highest BCUT2D eigenvalue weighted by Crippen LogP contribution is 2.26. The normalized spacial score (nSPS) is 21.0. The van der Waals surface area contributed by atoms with Gasteiger partial charge in [0.2, 0.25) is 5.91 Å². The van der Waals surface area contributed by atoms with Gasteiger partial charge in [-0.2, -0.15) is 0 Å². The van der Waals surface area contributed by atoms with E-state index in [0.717, 1.165) is 18.7 Å². The van der Waals surface area contributed by atoms with Crippen LogP contribution in [0.25, 0.3) is 0 Å². The standard InChI is InChI=1S/C18H28N2O/c1-4-14(2)16-10-5-6-11-17(16)19-18(21)13-20-12-8-7-9-15(20)3/h5-6,10-11,14-15H,4,7-9,12-13H2,1-3H3,(H,19,21)/t14-,15+/m0/s1. The number of carbonyl (C=O) groups excluding carboxylic acids is 1. The molecule has 1 N–H and O–H groups in total. The summed E-state index contributed by atoms with van der Waals surface area (Å²) in [4.78, 5) is 14.6. The summed E-state index contributed by atoms with van der Waals surface area (Å²) in [6, 6.07) is 8.69. The zero-order chi connectivity index (χ0) is 15.2. The number of amides is 1. The van der Waals surface area contributed by atoms with Gasteiger partial charge < -0.3 is 5.32 Å². The lowest BCUT2D eigenvalue weighted by atomic mass is 9.97. The van der Waals surface area contributed by atoms with Crippen LogP contribution in [0.3, 0.4) is 0 Å². The molecule has 3 heteroatoms. The van der Waals surface area contributed by atoms with Crippen molar-refractivity contribution in [2.45, 2.75) is 58.4 Å². The molecule has 2 atom stereocenters. The van der Waals surface area contributed by atoms with E-state index in [-0.39, 0.29) is 5.91 Å². The number of nitrogens with one attached hydrogen (secondary N) is 1. The zero-order valence-corrected chi connectivity index (χ0v) is 13.6. The third kappa shape index (κ3) is 4.31. The van der Waals surface area contributed by atoms with E-state index in [1.165, 1.54) is 24.8 Å². The van der Waals surface area contributed by atoms with Crippen molar-refractivity contribution in [1.29, 1.82) is 0 Å². The highest BCUT2D eigenvalue weighted by molar-refractivity contribution is 5.93. The highest BCUT2D eigenvalue weighted by Gasteiger charge is 2.21. The zero-order valence-electron chi connectivity index (χ0n) is 13.6. The van der Waals surface area contributed by atoms with E-state index in [0.29, 0.717) is 18.5 Å². The fourth-order valence-corrected chi connectivity index (χ4v) is 3.03. The van der Waals surface area contributed by atoms with Crippen LogP contribution in [0.4, 0.5) is 5.69 Å². The summed E-state index contributed by atoms with van der Waals surface area (Å²) in [7, 11) is 0. The third-order valence-electron chi connectivity index (χ3n) is 4.67. The predicted octanol–water partition coefficient (Wildman–Crippen LogP) is 4.01. The van der Waals surface area contributed by atoms with E-state index < -0.39 is 0 Å². The molecule has 1 fully saturated rings. The molecule has 1 amide bonds. The minimum absolute atomic E-state index is 0.111. The Bertz CT molecular complexity index is 472. The first-order chi connectivity index (χ1) is 10.1. The van der Waals surface area contributed by atoms with Crippen LogP contribution in [0.15, 0.2) is 24.3 Å². The van der Waals surface area contributed by atoms with E-state index >= 15 is 0 Å². The van der Waals surface area contributed by atoms with Crippen molar-refractivity contribution in [3.05, 3.63) is 29.8 Å². The van der Waals surface area contributed by atoms with Crippen molar-refractivity contribution in [1.82, 2.24) is 4.90 Å². The Labute approximate surface area is 128 Å². The molecule has 0 radical (unpaired) electrons. The first kappa shape index (κ1) is 16.0. The first-order valence-corrected chi connectivity index (χ1v) is 8.24. The lowest BCUT2D eigenvalue weighted by Crippen LogP contribution is -2.42. The summed E-state index contributed by atoms with van der Waals surface area (Å²) >= 11 is 0. The average molecular weight is 288 g/mol. The number of likely N-dealkylation sites (tertiary alicyclic amines) is 1. The fraction of sp³-hybridized carbons (Fsp3) is 0.611. The van der Waals surface area contributed by atoms with Gasteiger partial charge in [-0.05, 0) is 50.3 Å². The summed E-state index contributed by atoms with van der Waals surface area (Å²) in [5, 5.41) is 3.11. The Morgan fingerprint density at radius 1 is 1.38 bits per heavy atom. The number of para-hydroxylation sites is 1. The van der Waals surface area contributed by atoms with Crippen molar-refractivity contribution < 1.29 is 4.79 Å². The van der Waals surface area contributed by atoms with Gasteiger partial charge in [-0.25, -0.2) is 0 Å². The smallest absolute Gasteiger partial charge is 0.238 e. The van der Waals surface area contributed by atoms with Gasteiger partial charge in [0.1, 0.15) is 0 Å². The van der Waals surface area contributed by atoms with E-state index in [1.807, 2.05) is 18.2 Å². The highest BCUT2D eigenvalue weighted by atomic mass is 16.2. The third-order valence-corrected chi connectivity index (χ3v) is 4.67. The van der Waals surface area contributed by atoms with Crippen LogP contribution in [0.1, 0.15) is 57.9 Å². The Morgan fingerprint density at radius 2 is 2.14 bits per heavy atom. The van der Waals surface area contributed by atoms with Crippen LogP contribution < -0.4 is 5.32 Å². The van der Waals surface area contributed by atoms with E-state index in [1.54, 1.807) is 0 Å². The first-order valence-electron chi connectivity index (χ1n) is 8.24. The predicted molar refractivity (Wildman–Crippen MR) is 88.7 cm³/mol. The number of anilines is 1. The van der Waals surface area contributed by atoms with Crippen LogP contribution in [-0.2, 0) is 4.79 Å². The van der Waals surface area contributed by atoms with Crippen molar-refractivity contribution in [2.24, 2.45) is 0 Å². The molecule has 1 aliphatic rings. The van der Waals surface area contributed by atoms with E-state index in [9.17, 15) is 4.79 Å². The average Bonchev–Trinajstić information content (AvgIpc) is 2.49. The maximum Gasteiger partial charge on any atom is 0.238 e. The summed E-state index contributed by atoms with van der Waals surface area (Å²) < 4.78 is 0. The van der Waals surface area contributed by atoms with E-state index in [2.05, 4.69) is 37.1 Å². The second-order valence-electron chi connectivity index (χ2n) is 6.26. The van der Waals surface area contributed by atoms with Crippen LogP contribution in [0.5, 0.6) is 0 Å². The second-order valence-corrected chi connectivity index (χ2v) is 6.26. The summed E-state index contributed by atoms with van der Waals surface area (Å²) in [5.74, 6) is 0.579. The van der Waals surface area contributed by atoms with Gasteiger partial charge >= 0.3 is 0 Å². The quantitative estimate of drug-likeness (QED) is 0.887. The topological polar surface area (TPSA) is 32.3 Å². The monoisotopic (exact) mass is 288 g/mol. The van der Waals surface area contributed by atoms with Crippen molar-refractivity contribution in [3.8, 4) is 0 Å². The largest absolute Gasteiger partial charge is 0.325 e. The molecule has 0 aromatic heterocycles. The molecule has 0 bridgehead atoms. The lowest BCUT2D eigenvalue weighted by molar-refractivity contribution is -0.118. The lowest BCUT2D eigenvalue weighted by Gasteiger charge is -2.32. The molecule has 0 unspecified atom stereocenters. The van der Waals surface area contributed by atoms with Crippen LogP contribution in [-0.4, -0.2) is 29.9 Å². The van der Waals surface area contributed by atoms with Gasteiger partial charge in [0.15, 0.2) is 0 Å². The summed E-state index contributed by atoms with van der Waals surface area (Å²) in [6.07, 6.45) is 4.78. The summed E-state index contributed by atoms with van der Waals surface area (Å²) in [6.45, 7) is 8.16. The number of hydrogen-bond donors (Lipinski definition) is 1. The molecule has 0 spiro atoms. The fourth-order valence-electron chi connectivity index (χ4n) is 3.03. The molecule has 1 aromatic carbocycles. The molecule has 116 valence electrons. The molecular weight excluding hydrogens is 260 g/mol. The van der Waals surface area contributed by atoms with Gasteiger partial charge in [-0.15, -0.1) is 0 Å². The number of rotatable bonds is 5. The van der Waals surface area contributed by atoms with Gasteiger partial charge in [-0.1, -0.05) is 38.5 Å². The molecule has 0 saturated carbocycles. The SMILES string of the molecule is CC[C@H](C)c1ccccc1NC(=O)CN1CCCC[C@H]1C. The summed E-state index contributed by atoms with van der Waals surface area (Å²) in [5.41, 5.74) is 2.21. The van der Waals surface area contributed by atoms with Crippen LogP contribution in [0, 0.1) is 0 Å². The molecule has 3 nitrogen and oxygen atoms in total. The molecule has 0 aliphatic carbocycles. The molecule has 1 aromatic rings. The van der Waals surface area contributed by atoms with Crippen LogP contribution in [0.2, 0.25) is 0 Å².